The van der Waals surface area contributed by atoms with Crippen molar-refractivity contribution >= 4 is 27.5 Å². The summed E-state index contributed by atoms with van der Waals surface area (Å²) in [5.74, 6) is 0.295. The molecule has 0 aliphatic rings. The Hall–Kier alpha value is -4.25. The zero-order valence-electron chi connectivity index (χ0n) is 25.4. The van der Waals surface area contributed by atoms with E-state index in [0.29, 0.717) is 24.7 Å². The monoisotopic (exact) mass is 611 g/mol. The summed E-state index contributed by atoms with van der Waals surface area (Å²) in [6, 6.07) is 19.1. The Balaban J connectivity index is 2.04. The molecule has 0 heterocycles. The van der Waals surface area contributed by atoms with Crippen LogP contribution in [-0.4, -0.2) is 65.1 Å². The number of sulfonamides is 1. The zero-order chi connectivity index (χ0) is 31.4. The lowest BCUT2D eigenvalue weighted by Gasteiger charge is -2.32. The summed E-state index contributed by atoms with van der Waals surface area (Å²) in [4.78, 5) is 28.4. The number of amides is 2. The molecule has 0 unspecified atom stereocenters. The molecule has 0 spiro atoms. The van der Waals surface area contributed by atoms with Crippen molar-refractivity contribution in [2.24, 2.45) is 0 Å². The van der Waals surface area contributed by atoms with Crippen molar-refractivity contribution in [1.82, 2.24) is 10.2 Å². The Labute approximate surface area is 254 Å². The van der Waals surface area contributed by atoms with Gasteiger partial charge in [-0.15, -0.1) is 0 Å². The van der Waals surface area contributed by atoms with Crippen LogP contribution in [0.4, 0.5) is 5.69 Å². The van der Waals surface area contributed by atoms with Gasteiger partial charge in [0.15, 0.2) is 11.5 Å². The third kappa shape index (κ3) is 8.63. The molecule has 11 heteroatoms. The number of nitrogens with zero attached hydrogens (tertiary/aromatic N) is 2. The van der Waals surface area contributed by atoms with Gasteiger partial charge in [-0.3, -0.25) is 13.9 Å². The summed E-state index contributed by atoms with van der Waals surface area (Å²) in [7, 11) is -1.42. The Bertz CT molecular complexity index is 1450. The number of hydrogen-bond donors (Lipinski definition) is 1. The summed E-state index contributed by atoms with van der Waals surface area (Å²) >= 11 is 0. The van der Waals surface area contributed by atoms with E-state index in [1.165, 1.54) is 37.3 Å². The number of methoxy groups -OCH3 is 2. The summed E-state index contributed by atoms with van der Waals surface area (Å²) < 4.78 is 45.5. The molecule has 0 aromatic heterocycles. The van der Waals surface area contributed by atoms with E-state index in [0.717, 1.165) is 22.7 Å². The molecule has 0 fully saturated rings. The van der Waals surface area contributed by atoms with Crippen LogP contribution in [0, 0.1) is 0 Å². The SMILES string of the molecule is CCCCNC(=O)[C@H](C)N(Cc1ccccc1)C(=O)CN(c1ccc(OCC)cc1)S(=O)(=O)c1ccc(OC)c(OC)c1. The van der Waals surface area contributed by atoms with Crippen LogP contribution in [0.15, 0.2) is 77.7 Å². The van der Waals surface area contributed by atoms with Crippen LogP contribution in [0.3, 0.4) is 0 Å². The molecule has 0 aliphatic heterocycles. The Morgan fingerprint density at radius 3 is 2.19 bits per heavy atom. The lowest BCUT2D eigenvalue weighted by molar-refractivity contribution is -0.139. The maximum Gasteiger partial charge on any atom is 0.264 e. The van der Waals surface area contributed by atoms with Crippen molar-refractivity contribution in [2.75, 3.05) is 38.2 Å². The lowest BCUT2D eigenvalue weighted by atomic mass is 10.1. The number of nitrogens with one attached hydrogen (secondary N) is 1. The highest BCUT2D eigenvalue weighted by atomic mass is 32.2. The molecule has 0 aliphatic carbocycles. The molecule has 0 saturated carbocycles. The molecule has 1 atom stereocenters. The molecular formula is C32H41N3O7S. The number of ether oxygens (including phenoxy) is 3. The van der Waals surface area contributed by atoms with E-state index in [4.69, 9.17) is 14.2 Å². The molecule has 3 rings (SSSR count). The van der Waals surface area contributed by atoms with Crippen molar-refractivity contribution in [1.29, 1.82) is 0 Å². The van der Waals surface area contributed by atoms with E-state index in [2.05, 4.69) is 5.32 Å². The van der Waals surface area contributed by atoms with Gasteiger partial charge in [0.1, 0.15) is 18.3 Å². The van der Waals surface area contributed by atoms with E-state index < -0.39 is 28.5 Å². The van der Waals surface area contributed by atoms with E-state index >= 15 is 0 Å². The first-order chi connectivity index (χ1) is 20.7. The third-order valence-corrected chi connectivity index (χ3v) is 8.62. The molecule has 232 valence electrons. The first-order valence-corrected chi connectivity index (χ1v) is 15.7. The predicted octanol–water partition coefficient (Wildman–Crippen LogP) is 4.63. The van der Waals surface area contributed by atoms with Gasteiger partial charge in [0.25, 0.3) is 10.0 Å². The Kier molecular flexibility index (Phi) is 12.2. The van der Waals surface area contributed by atoms with Gasteiger partial charge in [-0.05, 0) is 62.2 Å². The van der Waals surface area contributed by atoms with Gasteiger partial charge in [0, 0.05) is 19.2 Å². The molecule has 0 saturated heterocycles. The molecule has 0 bridgehead atoms. The zero-order valence-corrected chi connectivity index (χ0v) is 26.2. The average Bonchev–Trinajstić information content (AvgIpc) is 3.02. The van der Waals surface area contributed by atoms with Gasteiger partial charge in [0.2, 0.25) is 11.8 Å². The fraction of sp³-hybridized carbons (Fsp3) is 0.375. The number of carbonyl (C=O) groups excluding carboxylic acids is 2. The van der Waals surface area contributed by atoms with Crippen molar-refractivity contribution in [2.45, 2.75) is 51.1 Å². The minimum Gasteiger partial charge on any atom is -0.494 e. The van der Waals surface area contributed by atoms with Crippen LogP contribution >= 0.6 is 0 Å². The van der Waals surface area contributed by atoms with E-state index in [-0.39, 0.29) is 28.8 Å². The Morgan fingerprint density at radius 2 is 1.58 bits per heavy atom. The molecule has 3 aromatic carbocycles. The highest BCUT2D eigenvalue weighted by molar-refractivity contribution is 7.92. The number of carbonyl (C=O) groups is 2. The summed E-state index contributed by atoms with van der Waals surface area (Å²) in [5, 5.41) is 2.88. The summed E-state index contributed by atoms with van der Waals surface area (Å²) in [6.45, 7) is 6.01. The van der Waals surface area contributed by atoms with E-state index in [1.54, 1.807) is 31.2 Å². The van der Waals surface area contributed by atoms with Crippen molar-refractivity contribution in [3.05, 3.63) is 78.4 Å². The van der Waals surface area contributed by atoms with Crippen molar-refractivity contribution in [3.63, 3.8) is 0 Å². The smallest absolute Gasteiger partial charge is 0.264 e. The first-order valence-electron chi connectivity index (χ1n) is 14.2. The molecule has 3 aromatic rings. The summed E-state index contributed by atoms with van der Waals surface area (Å²) in [5.41, 5.74) is 1.06. The van der Waals surface area contributed by atoms with Crippen LogP contribution in [0.25, 0.3) is 0 Å². The van der Waals surface area contributed by atoms with Crippen molar-refractivity contribution in [3.8, 4) is 17.2 Å². The third-order valence-electron chi connectivity index (χ3n) is 6.85. The Morgan fingerprint density at radius 1 is 0.907 bits per heavy atom. The van der Waals surface area contributed by atoms with Crippen LogP contribution in [0.2, 0.25) is 0 Å². The van der Waals surface area contributed by atoms with E-state index in [9.17, 15) is 18.0 Å². The van der Waals surface area contributed by atoms with Crippen LogP contribution in [0.5, 0.6) is 17.2 Å². The first kappa shape index (κ1) is 33.3. The quantitative estimate of drug-likeness (QED) is 0.235. The molecule has 43 heavy (non-hydrogen) atoms. The van der Waals surface area contributed by atoms with Gasteiger partial charge in [-0.2, -0.15) is 0 Å². The summed E-state index contributed by atoms with van der Waals surface area (Å²) in [6.07, 6.45) is 1.71. The molecule has 0 radical (unpaired) electrons. The second-order valence-corrected chi connectivity index (χ2v) is 11.6. The maximum absolute atomic E-state index is 14.2. The van der Waals surface area contributed by atoms with Crippen LogP contribution in [0.1, 0.15) is 39.2 Å². The number of anilines is 1. The van der Waals surface area contributed by atoms with Gasteiger partial charge in [0.05, 0.1) is 31.4 Å². The minimum atomic E-state index is -4.29. The van der Waals surface area contributed by atoms with Gasteiger partial charge >= 0.3 is 0 Å². The number of benzene rings is 3. The largest absolute Gasteiger partial charge is 0.494 e. The average molecular weight is 612 g/mol. The van der Waals surface area contributed by atoms with Crippen molar-refractivity contribution < 1.29 is 32.2 Å². The lowest BCUT2D eigenvalue weighted by Crippen LogP contribution is -2.51. The van der Waals surface area contributed by atoms with E-state index in [1.807, 2.05) is 44.2 Å². The molecule has 2 amide bonds. The van der Waals surface area contributed by atoms with Gasteiger partial charge in [-0.25, -0.2) is 8.42 Å². The van der Waals surface area contributed by atoms with Crippen LogP contribution in [-0.2, 0) is 26.2 Å². The predicted molar refractivity (Wildman–Crippen MR) is 166 cm³/mol. The normalized spacial score (nSPS) is 11.7. The second-order valence-electron chi connectivity index (χ2n) is 9.78. The molecule has 1 N–H and O–H groups in total. The number of hydrogen-bond acceptors (Lipinski definition) is 7. The second kappa shape index (κ2) is 15.8. The standard InChI is InChI=1S/C32H41N3O7S/c1-6-8-20-33-32(37)24(3)34(22-25-12-10-9-11-13-25)31(36)23-35(26-14-16-27(17-15-26)42-7-2)43(38,39)28-18-19-29(40-4)30(21-28)41-5/h9-19,21,24H,6-8,20,22-23H2,1-5H3,(H,33,37)/t24-/m0/s1. The van der Waals surface area contributed by atoms with Crippen LogP contribution < -0.4 is 23.8 Å². The minimum absolute atomic E-state index is 0.0909. The highest BCUT2D eigenvalue weighted by Crippen LogP contribution is 2.33. The number of rotatable bonds is 16. The van der Waals surface area contributed by atoms with Gasteiger partial charge < -0.3 is 24.4 Å². The maximum atomic E-state index is 14.2. The highest BCUT2D eigenvalue weighted by Gasteiger charge is 2.33. The molecule has 10 nitrogen and oxygen atoms in total. The molecular weight excluding hydrogens is 570 g/mol. The number of unbranched alkanes of at least 4 members (excludes halogenated alkanes) is 1. The fourth-order valence-corrected chi connectivity index (χ4v) is 5.84. The van der Waals surface area contributed by atoms with Gasteiger partial charge in [-0.1, -0.05) is 43.7 Å². The fourth-order valence-electron chi connectivity index (χ4n) is 4.41. The topological polar surface area (TPSA) is 114 Å².